The van der Waals surface area contributed by atoms with Crippen LogP contribution in [0.25, 0.3) is 11.1 Å². The Kier molecular flexibility index (Phi) is 3.86. The van der Waals surface area contributed by atoms with Crippen LogP contribution in [-0.2, 0) is 11.2 Å². The highest BCUT2D eigenvalue weighted by molar-refractivity contribution is 6.01. The molecular formula is C18H19N3O2. The summed E-state index contributed by atoms with van der Waals surface area (Å²) in [5.41, 5.74) is 4.31. The zero-order chi connectivity index (χ0) is 16.6. The number of pyridine rings is 1. The summed E-state index contributed by atoms with van der Waals surface area (Å²) in [6.45, 7) is 3.84. The van der Waals surface area contributed by atoms with Crippen LogP contribution in [0.5, 0.6) is 0 Å². The van der Waals surface area contributed by atoms with Gasteiger partial charge in [-0.25, -0.2) is 0 Å². The number of amides is 2. The Morgan fingerprint density at radius 2 is 2.00 bits per heavy atom. The average molecular weight is 309 g/mol. The first-order valence-corrected chi connectivity index (χ1v) is 7.61. The van der Waals surface area contributed by atoms with E-state index in [1.165, 1.54) is 0 Å². The fourth-order valence-electron chi connectivity index (χ4n) is 2.72. The first-order valence-electron chi connectivity index (χ1n) is 7.61. The van der Waals surface area contributed by atoms with Gasteiger partial charge in [0, 0.05) is 36.7 Å². The molecule has 5 nitrogen and oxygen atoms in total. The summed E-state index contributed by atoms with van der Waals surface area (Å²) >= 11 is 0. The number of anilines is 1. The van der Waals surface area contributed by atoms with E-state index in [0.717, 1.165) is 22.4 Å². The van der Waals surface area contributed by atoms with E-state index < -0.39 is 0 Å². The van der Waals surface area contributed by atoms with Crippen molar-refractivity contribution in [1.29, 1.82) is 0 Å². The molecule has 1 aliphatic rings. The number of nitrogens with one attached hydrogen (secondary N) is 1. The minimum absolute atomic E-state index is 0.0766. The summed E-state index contributed by atoms with van der Waals surface area (Å²) in [7, 11) is 1.78. The molecule has 0 saturated heterocycles. The predicted molar refractivity (Wildman–Crippen MR) is 89.4 cm³/mol. The van der Waals surface area contributed by atoms with E-state index in [1.807, 2.05) is 38.1 Å². The van der Waals surface area contributed by atoms with Gasteiger partial charge in [0.15, 0.2) is 0 Å². The van der Waals surface area contributed by atoms with Gasteiger partial charge in [-0.2, -0.15) is 0 Å². The summed E-state index contributed by atoms with van der Waals surface area (Å²) in [5.74, 6) is -0.0363. The molecule has 23 heavy (non-hydrogen) atoms. The van der Waals surface area contributed by atoms with E-state index in [9.17, 15) is 9.59 Å². The number of hydrogen-bond donors (Lipinski definition) is 1. The molecule has 0 aliphatic carbocycles. The molecule has 2 aromatic rings. The van der Waals surface area contributed by atoms with Crippen LogP contribution in [0.15, 0.2) is 36.7 Å². The van der Waals surface area contributed by atoms with Crippen LogP contribution >= 0.6 is 0 Å². The van der Waals surface area contributed by atoms with E-state index in [-0.39, 0.29) is 17.9 Å². The lowest BCUT2D eigenvalue weighted by Crippen LogP contribution is -2.30. The van der Waals surface area contributed by atoms with Crippen molar-refractivity contribution in [2.75, 3.05) is 11.9 Å². The number of nitrogens with zero attached hydrogens (tertiary/aromatic N) is 2. The van der Waals surface area contributed by atoms with E-state index in [4.69, 9.17) is 0 Å². The quantitative estimate of drug-likeness (QED) is 0.947. The molecule has 1 aromatic carbocycles. The van der Waals surface area contributed by atoms with Crippen LogP contribution < -0.4 is 10.2 Å². The van der Waals surface area contributed by atoms with E-state index in [0.29, 0.717) is 12.0 Å². The van der Waals surface area contributed by atoms with Crippen molar-refractivity contribution in [1.82, 2.24) is 10.3 Å². The number of benzene rings is 1. The lowest BCUT2D eigenvalue weighted by molar-refractivity contribution is -0.117. The first-order chi connectivity index (χ1) is 11.0. The molecule has 1 N–H and O–H groups in total. The van der Waals surface area contributed by atoms with Crippen LogP contribution in [0.3, 0.4) is 0 Å². The van der Waals surface area contributed by atoms with Crippen LogP contribution in [-0.4, -0.2) is 29.9 Å². The number of likely N-dealkylation sites (N-methyl/N-ethyl adjacent to an activating group) is 1. The summed E-state index contributed by atoms with van der Waals surface area (Å²) in [6.07, 6.45) is 3.71. The zero-order valence-corrected chi connectivity index (χ0v) is 13.5. The van der Waals surface area contributed by atoms with Crippen LogP contribution in [0.4, 0.5) is 5.69 Å². The Bertz CT molecular complexity index is 784. The highest BCUT2D eigenvalue weighted by Gasteiger charge is 2.24. The predicted octanol–water partition coefficient (Wildman–Crippen LogP) is 2.41. The minimum atomic E-state index is -0.134. The Morgan fingerprint density at radius 1 is 1.22 bits per heavy atom. The van der Waals surface area contributed by atoms with Crippen LogP contribution in [0.2, 0.25) is 0 Å². The van der Waals surface area contributed by atoms with Crippen molar-refractivity contribution in [3.05, 3.63) is 47.8 Å². The normalized spacial score (nSPS) is 13.4. The molecule has 0 fully saturated rings. The summed E-state index contributed by atoms with van der Waals surface area (Å²) < 4.78 is 0. The van der Waals surface area contributed by atoms with Gasteiger partial charge in [0.25, 0.3) is 5.91 Å². The van der Waals surface area contributed by atoms with Crippen molar-refractivity contribution in [2.45, 2.75) is 26.3 Å². The molecule has 2 heterocycles. The van der Waals surface area contributed by atoms with Gasteiger partial charge in [0.2, 0.25) is 5.91 Å². The van der Waals surface area contributed by atoms with E-state index in [2.05, 4.69) is 10.3 Å². The first kappa shape index (κ1) is 15.2. The van der Waals surface area contributed by atoms with Crippen LogP contribution in [0.1, 0.15) is 29.8 Å². The molecule has 0 atom stereocenters. The van der Waals surface area contributed by atoms with Gasteiger partial charge in [0.05, 0.1) is 12.0 Å². The third kappa shape index (κ3) is 2.95. The number of hydrogen-bond acceptors (Lipinski definition) is 3. The maximum Gasteiger partial charge on any atom is 0.253 e. The lowest BCUT2D eigenvalue weighted by Gasteiger charge is -2.11. The van der Waals surface area contributed by atoms with Crippen LogP contribution in [0, 0.1) is 0 Å². The summed E-state index contributed by atoms with van der Waals surface area (Å²) in [6, 6.07) is 7.80. The third-order valence-electron chi connectivity index (χ3n) is 3.91. The number of carbonyl (C=O) groups is 2. The van der Waals surface area contributed by atoms with Gasteiger partial charge in [-0.1, -0.05) is 6.07 Å². The van der Waals surface area contributed by atoms with E-state index in [1.54, 1.807) is 24.3 Å². The topological polar surface area (TPSA) is 62.3 Å². The molecule has 1 aromatic heterocycles. The van der Waals surface area contributed by atoms with Gasteiger partial charge in [-0.15, -0.1) is 0 Å². The van der Waals surface area contributed by atoms with Gasteiger partial charge < -0.3 is 10.2 Å². The van der Waals surface area contributed by atoms with Crippen molar-refractivity contribution >= 4 is 17.5 Å². The Labute approximate surface area is 135 Å². The molecule has 0 bridgehead atoms. The molecule has 1 aliphatic heterocycles. The van der Waals surface area contributed by atoms with Crippen molar-refractivity contribution in [3.63, 3.8) is 0 Å². The fraction of sp³-hybridized carbons (Fsp3) is 0.278. The molecule has 0 saturated carbocycles. The number of rotatable bonds is 3. The van der Waals surface area contributed by atoms with Gasteiger partial charge in [-0.05, 0) is 43.2 Å². The second-order valence-corrected chi connectivity index (χ2v) is 6.06. The molecule has 2 amide bonds. The second-order valence-electron chi connectivity index (χ2n) is 6.06. The molecule has 0 unspecified atom stereocenters. The molecule has 0 radical (unpaired) electrons. The molecule has 5 heteroatoms. The number of fused-ring (bicyclic) bond motifs is 1. The minimum Gasteiger partial charge on any atom is -0.350 e. The maximum absolute atomic E-state index is 12.1. The summed E-state index contributed by atoms with van der Waals surface area (Å²) in [4.78, 5) is 29.7. The monoisotopic (exact) mass is 309 g/mol. The fourth-order valence-corrected chi connectivity index (χ4v) is 2.72. The third-order valence-corrected chi connectivity index (χ3v) is 3.91. The Hall–Kier alpha value is -2.69. The standard InChI is InChI=1S/C18H19N3O2/c1-11(2)20-18(23)15-7-14(9-19-10-15)12-4-5-16-13(6-12)8-17(22)21(16)3/h4-7,9-11H,8H2,1-3H3,(H,20,23). The Morgan fingerprint density at radius 3 is 2.74 bits per heavy atom. The lowest BCUT2D eigenvalue weighted by atomic mass is 10.0. The number of carbonyl (C=O) groups excluding carboxylic acids is 2. The highest BCUT2D eigenvalue weighted by Crippen LogP contribution is 2.32. The maximum atomic E-state index is 12.1. The van der Waals surface area contributed by atoms with Crippen molar-refractivity contribution < 1.29 is 9.59 Å². The van der Waals surface area contributed by atoms with Crippen molar-refractivity contribution in [3.8, 4) is 11.1 Å². The second kappa shape index (κ2) is 5.83. The molecular weight excluding hydrogens is 290 g/mol. The van der Waals surface area contributed by atoms with Gasteiger partial charge in [0.1, 0.15) is 0 Å². The summed E-state index contributed by atoms with van der Waals surface area (Å²) in [5, 5.41) is 2.86. The number of aromatic nitrogens is 1. The molecule has 0 spiro atoms. The largest absolute Gasteiger partial charge is 0.350 e. The Balaban J connectivity index is 1.93. The molecule has 118 valence electrons. The van der Waals surface area contributed by atoms with Gasteiger partial charge >= 0.3 is 0 Å². The van der Waals surface area contributed by atoms with Crippen molar-refractivity contribution in [2.24, 2.45) is 0 Å². The highest BCUT2D eigenvalue weighted by atomic mass is 16.2. The smallest absolute Gasteiger partial charge is 0.253 e. The zero-order valence-electron chi connectivity index (χ0n) is 13.5. The van der Waals surface area contributed by atoms with Gasteiger partial charge in [-0.3, -0.25) is 14.6 Å². The SMILES string of the molecule is CC(C)NC(=O)c1cncc(-c2ccc3c(c2)CC(=O)N3C)c1. The van der Waals surface area contributed by atoms with E-state index >= 15 is 0 Å². The molecule has 3 rings (SSSR count). The average Bonchev–Trinajstić information content (AvgIpc) is 2.81.